The second-order valence-electron chi connectivity index (χ2n) is 10.9. The smallest absolute Gasteiger partial charge is 0.248 e. The predicted octanol–water partition coefficient (Wildman–Crippen LogP) is 3.32. The summed E-state index contributed by atoms with van der Waals surface area (Å²) in [6.07, 6.45) is 4.88. The van der Waals surface area contributed by atoms with Gasteiger partial charge in [-0.25, -0.2) is 0 Å². The van der Waals surface area contributed by atoms with Crippen molar-refractivity contribution >= 4 is 33.7 Å². The minimum absolute atomic E-state index is 0.0910. The van der Waals surface area contributed by atoms with Gasteiger partial charge in [-0.05, 0) is 25.3 Å². The van der Waals surface area contributed by atoms with E-state index in [4.69, 9.17) is 4.74 Å². The molecule has 3 amide bonds. The monoisotopic (exact) mass is 601 g/mol. The Morgan fingerprint density at radius 1 is 1.23 bits per heavy atom. The lowest BCUT2D eigenvalue weighted by molar-refractivity contribution is -0.153. The second-order valence-corrected chi connectivity index (χ2v) is 12.1. The van der Waals surface area contributed by atoms with Gasteiger partial charge in [0.2, 0.25) is 17.7 Å². The molecule has 1 aromatic carbocycles. The quantitative estimate of drug-likeness (QED) is 0.293. The molecule has 3 aliphatic rings. The molecule has 0 aromatic heterocycles. The van der Waals surface area contributed by atoms with E-state index < -0.39 is 35.6 Å². The highest BCUT2D eigenvalue weighted by Gasteiger charge is 2.77. The Balaban J connectivity index is 1.87. The molecule has 3 fully saturated rings. The Bertz CT molecular complexity index is 1100. The molecule has 2 bridgehead atoms. The minimum Gasteiger partial charge on any atom is -0.394 e. The molecule has 212 valence electrons. The highest BCUT2D eigenvalue weighted by atomic mass is 79.9. The summed E-state index contributed by atoms with van der Waals surface area (Å²) in [6, 6.07) is 7.37. The van der Waals surface area contributed by atoms with Crippen LogP contribution in [0.3, 0.4) is 0 Å². The Labute approximate surface area is 239 Å². The molecule has 0 aliphatic carbocycles. The molecule has 0 radical (unpaired) electrons. The molecule has 8 atom stereocenters. The van der Waals surface area contributed by atoms with Gasteiger partial charge in [-0.15, -0.1) is 13.2 Å². The van der Waals surface area contributed by atoms with Crippen LogP contribution in [0.15, 0.2) is 55.6 Å². The van der Waals surface area contributed by atoms with Crippen molar-refractivity contribution in [1.82, 2.24) is 14.7 Å². The Morgan fingerprint density at radius 2 is 1.90 bits per heavy atom. The maximum Gasteiger partial charge on any atom is 0.248 e. The number of alkyl halides is 1. The number of hydrogen-bond donors (Lipinski definition) is 1. The average Bonchev–Trinajstić information content (AvgIpc) is 3.51. The fourth-order valence-electron chi connectivity index (χ4n) is 6.89. The van der Waals surface area contributed by atoms with Crippen molar-refractivity contribution < 1.29 is 24.2 Å². The van der Waals surface area contributed by atoms with Crippen LogP contribution in [0.5, 0.6) is 0 Å². The number of likely N-dealkylation sites (tertiary alicyclic amines) is 1. The number of rotatable bonds is 12. The first kappa shape index (κ1) is 29.5. The number of benzene rings is 1. The van der Waals surface area contributed by atoms with Crippen molar-refractivity contribution in [3.05, 3.63) is 61.2 Å². The first-order valence-electron chi connectivity index (χ1n) is 13.8. The molecule has 39 heavy (non-hydrogen) atoms. The van der Waals surface area contributed by atoms with Crippen molar-refractivity contribution in [1.29, 1.82) is 0 Å². The largest absolute Gasteiger partial charge is 0.394 e. The van der Waals surface area contributed by atoms with Crippen LogP contribution in [-0.2, 0) is 19.1 Å². The van der Waals surface area contributed by atoms with Crippen molar-refractivity contribution in [2.45, 2.75) is 67.8 Å². The lowest BCUT2D eigenvalue weighted by atomic mass is 9.70. The van der Waals surface area contributed by atoms with Crippen molar-refractivity contribution in [3.63, 3.8) is 0 Å². The number of ether oxygens (including phenoxy) is 1. The normalized spacial score (nSPS) is 30.5. The third-order valence-electron chi connectivity index (χ3n) is 8.57. The first-order valence-corrected chi connectivity index (χ1v) is 14.7. The van der Waals surface area contributed by atoms with E-state index in [2.05, 4.69) is 36.0 Å². The molecule has 0 saturated carbocycles. The number of hydrogen-bond acceptors (Lipinski definition) is 5. The Morgan fingerprint density at radius 3 is 2.49 bits per heavy atom. The Kier molecular flexibility index (Phi) is 9.03. The van der Waals surface area contributed by atoms with Gasteiger partial charge in [-0.2, -0.15) is 0 Å². The molecule has 1 N–H and O–H groups in total. The van der Waals surface area contributed by atoms with Gasteiger partial charge in [-0.1, -0.05) is 71.8 Å². The van der Waals surface area contributed by atoms with E-state index >= 15 is 0 Å². The van der Waals surface area contributed by atoms with Crippen LogP contribution in [0.2, 0.25) is 0 Å². The maximum atomic E-state index is 14.6. The molecule has 4 unspecified atom stereocenters. The zero-order valence-corrected chi connectivity index (χ0v) is 24.6. The van der Waals surface area contributed by atoms with Crippen LogP contribution in [0, 0.1) is 11.8 Å². The predicted molar refractivity (Wildman–Crippen MR) is 153 cm³/mol. The Hall–Kier alpha value is -2.49. The summed E-state index contributed by atoms with van der Waals surface area (Å²) < 4.78 is 6.65. The summed E-state index contributed by atoms with van der Waals surface area (Å²) in [7, 11) is 1.69. The molecule has 3 saturated heterocycles. The number of aliphatic hydroxyl groups excluding tert-OH is 1. The van der Waals surface area contributed by atoms with Gasteiger partial charge >= 0.3 is 0 Å². The average molecular weight is 603 g/mol. The lowest BCUT2D eigenvalue weighted by Crippen LogP contribution is -2.59. The molecule has 1 spiro atoms. The summed E-state index contributed by atoms with van der Waals surface area (Å²) in [4.78, 5) is 47.4. The van der Waals surface area contributed by atoms with Gasteiger partial charge in [0, 0.05) is 31.0 Å². The van der Waals surface area contributed by atoms with E-state index in [1.54, 1.807) is 29.0 Å². The van der Waals surface area contributed by atoms with Crippen LogP contribution in [-0.4, -0.2) is 92.9 Å². The van der Waals surface area contributed by atoms with Gasteiger partial charge in [0.1, 0.15) is 11.6 Å². The molecule has 4 rings (SSSR count). The van der Waals surface area contributed by atoms with Crippen LogP contribution < -0.4 is 0 Å². The standard InChI is InChI=1S/C30H40BrN3O5/c1-6-12-19(4)33(16-8-3)29(38)26-30-17-21(31)25(39-30)23(27(36)32(5)15-7-2)24(30)28(37)34(26)22(18-35)20-13-10-9-11-14-20/h7-11,13-14,19,21-26,35H,2-3,6,12,15-18H2,1,4-5H3/t19?,21?,22-,23+,24+,25+,26?,30?/m1/s1. The van der Waals surface area contributed by atoms with Crippen LogP contribution in [0.25, 0.3) is 0 Å². The van der Waals surface area contributed by atoms with Crippen molar-refractivity contribution in [3.8, 4) is 0 Å². The summed E-state index contributed by atoms with van der Waals surface area (Å²) in [6.45, 7) is 12.0. The number of amides is 3. The molecular formula is C30H40BrN3O5. The summed E-state index contributed by atoms with van der Waals surface area (Å²) >= 11 is 3.72. The van der Waals surface area contributed by atoms with Gasteiger partial charge in [0.25, 0.3) is 0 Å². The first-order chi connectivity index (χ1) is 18.7. The molecule has 3 heterocycles. The third-order valence-corrected chi connectivity index (χ3v) is 9.41. The fourth-order valence-corrected chi connectivity index (χ4v) is 7.83. The summed E-state index contributed by atoms with van der Waals surface area (Å²) in [5, 5.41) is 10.6. The highest BCUT2D eigenvalue weighted by Crippen LogP contribution is 2.61. The van der Waals surface area contributed by atoms with Gasteiger partial charge in [-0.3, -0.25) is 14.4 Å². The SMILES string of the molecule is C=CCN(C)C(=O)[C@H]1[C@H]2C(=O)N([C@H](CO)c3ccccc3)C(C(=O)N(CC=C)C(C)CCC)C23CC(Br)[C@@H]1O3. The van der Waals surface area contributed by atoms with Crippen molar-refractivity contribution in [2.24, 2.45) is 11.8 Å². The molecule has 8 nitrogen and oxygen atoms in total. The number of aliphatic hydroxyl groups is 1. The fraction of sp³-hybridized carbons (Fsp3) is 0.567. The molecular weight excluding hydrogens is 562 g/mol. The van der Waals surface area contributed by atoms with E-state index in [0.717, 1.165) is 18.4 Å². The van der Waals surface area contributed by atoms with E-state index in [0.29, 0.717) is 19.5 Å². The third kappa shape index (κ3) is 4.87. The maximum absolute atomic E-state index is 14.6. The molecule has 9 heteroatoms. The molecule has 3 aliphatic heterocycles. The topological polar surface area (TPSA) is 90.4 Å². The summed E-state index contributed by atoms with van der Waals surface area (Å²) in [5.41, 5.74) is -0.480. The number of likely N-dealkylation sites (N-methyl/N-ethyl adjacent to an activating group) is 1. The minimum atomic E-state index is -1.20. The van der Waals surface area contributed by atoms with E-state index in [9.17, 15) is 19.5 Å². The lowest BCUT2D eigenvalue weighted by Gasteiger charge is -2.41. The van der Waals surface area contributed by atoms with Crippen molar-refractivity contribution in [2.75, 3.05) is 26.7 Å². The highest BCUT2D eigenvalue weighted by molar-refractivity contribution is 9.09. The zero-order valence-electron chi connectivity index (χ0n) is 23.0. The van der Waals surface area contributed by atoms with E-state index in [-0.39, 0.29) is 35.2 Å². The number of nitrogens with zero attached hydrogens (tertiary/aromatic N) is 3. The van der Waals surface area contributed by atoms with Gasteiger partial charge < -0.3 is 24.5 Å². The summed E-state index contributed by atoms with van der Waals surface area (Å²) in [5.74, 6) is -2.37. The number of carbonyl (C=O) groups excluding carboxylic acids is 3. The van der Waals surface area contributed by atoms with E-state index in [1.807, 2.05) is 37.3 Å². The molecule has 1 aromatic rings. The second kappa shape index (κ2) is 11.9. The van der Waals surface area contributed by atoms with Crippen LogP contribution in [0.1, 0.15) is 44.7 Å². The van der Waals surface area contributed by atoms with Gasteiger partial charge in [0.15, 0.2) is 0 Å². The van der Waals surface area contributed by atoms with Crippen LogP contribution >= 0.6 is 15.9 Å². The van der Waals surface area contributed by atoms with Gasteiger partial charge in [0.05, 0.1) is 30.6 Å². The van der Waals surface area contributed by atoms with E-state index in [1.165, 1.54) is 4.90 Å². The number of fused-ring (bicyclic) bond motifs is 1. The van der Waals surface area contributed by atoms with Crippen LogP contribution in [0.4, 0.5) is 0 Å². The number of carbonyl (C=O) groups is 3. The number of halogens is 1. The zero-order chi connectivity index (χ0) is 28.5.